The molecule has 0 atom stereocenters. The Morgan fingerprint density at radius 2 is 2.17 bits per heavy atom. The number of likely N-dealkylation sites (N-methyl/N-ethyl adjacent to an activating group) is 1. The zero-order valence-electron chi connectivity index (χ0n) is 10.6. The van der Waals surface area contributed by atoms with Crippen LogP contribution in [0.5, 0.6) is 0 Å². The third kappa shape index (κ3) is 2.94. The molecular weight excluding hydrogens is 224 g/mol. The molecule has 3 heteroatoms. The lowest BCUT2D eigenvalue weighted by molar-refractivity contribution is -0.116. The second-order valence-electron chi connectivity index (χ2n) is 4.16. The van der Waals surface area contributed by atoms with Crippen molar-refractivity contribution in [1.82, 2.24) is 10.3 Å². The number of rotatable bonds is 3. The molecule has 0 aliphatic carbocycles. The van der Waals surface area contributed by atoms with E-state index in [9.17, 15) is 4.79 Å². The predicted octanol–water partition coefficient (Wildman–Crippen LogP) is 2.69. The number of benzene rings is 1. The number of nitrogens with one attached hydrogen (secondary N) is 1. The van der Waals surface area contributed by atoms with E-state index in [1.54, 1.807) is 6.08 Å². The Balaban J connectivity index is 2.25. The lowest BCUT2D eigenvalue weighted by Gasteiger charge is -2.00. The predicted molar refractivity (Wildman–Crippen MR) is 74.2 cm³/mol. The molecule has 0 fully saturated rings. The molecule has 1 amide bonds. The van der Waals surface area contributed by atoms with Crippen molar-refractivity contribution in [3.63, 3.8) is 0 Å². The minimum absolute atomic E-state index is 0.0942. The third-order valence-corrected chi connectivity index (χ3v) is 2.62. The second-order valence-corrected chi connectivity index (χ2v) is 4.16. The minimum atomic E-state index is -0.0942. The van der Waals surface area contributed by atoms with E-state index in [0.29, 0.717) is 6.54 Å². The van der Waals surface area contributed by atoms with Crippen molar-refractivity contribution < 1.29 is 4.79 Å². The van der Waals surface area contributed by atoms with Gasteiger partial charge in [-0.05, 0) is 38.1 Å². The zero-order chi connectivity index (χ0) is 13.0. The number of aryl methyl sites for hydroxylation is 1. The van der Waals surface area contributed by atoms with Gasteiger partial charge in [-0.1, -0.05) is 17.7 Å². The molecule has 0 bridgehead atoms. The Labute approximate surface area is 107 Å². The molecule has 1 aromatic heterocycles. The fourth-order valence-corrected chi connectivity index (χ4v) is 1.75. The topological polar surface area (TPSA) is 42.0 Å². The van der Waals surface area contributed by atoms with Crippen LogP contribution in [0.2, 0.25) is 0 Å². The number of pyridine rings is 1. The smallest absolute Gasteiger partial charge is 0.244 e. The highest BCUT2D eigenvalue weighted by molar-refractivity contribution is 5.91. The first-order chi connectivity index (χ1) is 8.69. The van der Waals surface area contributed by atoms with Crippen LogP contribution in [-0.2, 0) is 4.79 Å². The lowest BCUT2D eigenvalue weighted by Crippen LogP contribution is -2.19. The Kier molecular flexibility index (Phi) is 3.72. The molecule has 0 aliphatic rings. The average molecular weight is 240 g/mol. The highest BCUT2D eigenvalue weighted by Crippen LogP contribution is 2.14. The molecule has 1 heterocycles. The quantitative estimate of drug-likeness (QED) is 0.838. The van der Waals surface area contributed by atoms with Gasteiger partial charge < -0.3 is 5.32 Å². The summed E-state index contributed by atoms with van der Waals surface area (Å²) in [5, 5.41) is 3.82. The van der Waals surface area contributed by atoms with Gasteiger partial charge in [-0.2, -0.15) is 0 Å². The van der Waals surface area contributed by atoms with Crippen molar-refractivity contribution in [2.24, 2.45) is 0 Å². The SMILES string of the molecule is CCNC(=O)/C=C/c1ccc2cc(C)ccc2n1. The van der Waals surface area contributed by atoms with E-state index in [1.807, 2.05) is 31.2 Å². The molecule has 0 spiro atoms. The van der Waals surface area contributed by atoms with Gasteiger partial charge in [0.1, 0.15) is 0 Å². The van der Waals surface area contributed by atoms with Crippen molar-refractivity contribution in [1.29, 1.82) is 0 Å². The average Bonchev–Trinajstić information content (AvgIpc) is 2.36. The van der Waals surface area contributed by atoms with Crippen molar-refractivity contribution in [2.75, 3.05) is 6.54 Å². The first-order valence-electron chi connectivity index (χ1n) is 6.02. The molecule has 2 rings (SSSR count). The van der Waals surface area contributed by atoms with Gasteiger partial charge in [-0.25, -0.2) is 4.98 Å². The molecule has 1 N–H and O–H groups in total. The van der Waals surface area contributed by atoms with Gasteiger partial charge in [0.15, 0.2) is 0 Å². The normalized spacial score (nSPS) is 11.0. The highest BCUT2D eigenvalue weighted by Gasteiger charge is 1.97. The van der Waals surface area contributed by atoms with E-state index < -0.39 is 0 Å². The standard InChI is InChI=1S/C15H16N2O/c1-3-16-15(18)9-7-13-6-5-12-10-11(2)4-8-14(12)17-13/h4-10H,3H2,1-2H3,(H,16,18)/b9-7+. The number of carbonyl (C=O) groups is 1. The summed E-state index contributed by atoms with van der Waals surface area (Å²) in [4.78, 5) is 15.8. The molecule has 18 heavy (non-hydrogen) atoms. The van der Waals surface area contributed by atoms with Gasteiger partial charge >= 0.3 is 0 Å². The maximum atomic E-state index is 11.3. The van der Waals surface area contributed by atoms with Gasteiger partial charge in [-0.3, -0.25) is 4.79 Å². The van der Waals surface area contributed by atoms with Crippen molar-refractivity contribution in [2.45, 2.75) is 13.8 Å². The molecule has 0 unspecified atom stereocenters. The van der Waals surface area contributed by atoms with Crippen molar-refractivity contribution in [3.8, 4) is 0 Å². The molecule has 0 radical (unpaired) electrons. The van der Waals surface area contributed by atoms with Crippen LogP contribution in [0.3, 0.4) is 0 Å². The van der Waals surface area contributed by atoms with Crippen LogP contribution in [0.1, 0.15) is 18.2 Å². The van der Waals surface area contributed by atoms with Crippen LogP contribution in [0.4, 0.5) is 0 Å². The number of carbonyl (C=O) groups excluding carboxylic acids is 1. The van der Waals surface area contributed by atoms with Crippen LogP contribution in [-0.4, -0.2) is 17.4 Å². The van der Waals surface area contributed by atoms with Crippen LogP contribution in [0.15, 0.2) is 36.4 Å². The maximum Gasteiger partial charge on any atom is 0.244 e. The highest BCUT2D eigenvalue weighted by atomic mass is 16.1. The third-order valence-electron chi connectivity index (χ3n) is 2.62. The van der Waals surface area contributed by atoms with Gasteiger partial charge in [0.05, 0.1) is 11.2 Å². The first kappa shape index (κ1) is 12.3. The van der Waals surface area contributed by atoms with E-state index in [-0.39, 0.29) is 5.91 Å². The first-order valence-corrected chi connectivity index (χ1v) is 6.02. The minimum Gasteiger partial charge on any atom is -0.353 e. The molecule has 0 saturated carbocycles. The molecule has 0 saturated heterocycles. The molecule has 0 aliphatic heterocycles. The van der Waals surface area contributed by atoms with E-state index in [2.05, 4.69) is 23.3 Å². The van der Waals surface area contributed by atoms with Crippen molar-refractivity contribution >= 4 is 22.9 Å². The summed E-state index contributed by atoms with van der Waals surface area (Å²) >= 11 is 0. The number of amides is 1. The van der Waals surface area contributed by atoms with Gasteiger partial charge in [-0.15, -0.1) is 0 Å². The number of hydrogen-bond acceptors (Lipinski definition) is 2. The van der Waals surface area contributed by atoms with E-state index in [4.69, 9.17) is 0 Å². The molecule has 2 aromatic rings. The van der Waals surface area contributed by atoms with Crippen LogP contribution < -0.4 is 5.32 Å². The molecular formula is C15H16N2O. The van der Waals surface area contributed by atoms with Crippen LogP contribution >= 0.6 is 0 Å². The Morgan fingerprint density at radius 3 is 2.94 bits per heavy atom. The van der Waals surface area contributed by atoms with Crippen LogP contribution in [0.25, 0.3) is 17.0 Å². The number of hydrogen-bond donors (Lipinski definition) is 1. The van der Waals surface area contributed by atoms with Crippen molar-refractivity contribution in [3.05, 3.63) is 47.7 Å². The lowest BCUT2D eigenvalue weighted by atomic mass is 10.1. The van der Waals surface area contributed by atoms with Gasteiger partial charge in [0, 0.05) is 18.0 Å². The second kappa shape index (κ2) is 5.45. The van der Waals surface area contributed by atoms with Crippen LogP contribution in [0, 0.1) is 6.92 Å². The summed E-state index contributed by atoms with van der Waals surface area (Å²) in [5.74, 6) is -0.0942. The molecule has 3 nitrogen and oxygen atoms in total. The summed E-state index contributed by atoms with van der Waals surface area (Å²) in [6, 6.07) is 10.1. The Morgan fingerprint density at radius 1 is 1.33 bits per heavy atom. The summed E-state index contributed by atoms with van der Waals surface area (Å²) in [6.07, 6.45) is 3.23. The zero-order valence-corrected chi connectivity index (χ0v) is 10.6. The number of aromatic nitrogens is 1. The Hall–Kier alpha value is -2.16. The fourth-order valence-electron chi connectivity index (χ4n) is 1.75. The van der Waals surface area contributed by atoms with Gasteiger partial charge in [0.25, 0.3) is 0 Å². The summed E-state index contributed by atoms with van der Waals surface area (Å²) in [6.45, 7) is 4.58. The number of nitrogens with zero attached hydrogens (tertiary/aromatic N) is 1. The van der Waals surface area contributed by atoms with Gasteiger partial charge in [0.2, 0.25) is 5.91 Å². The number of fused-ring (bicyclic) bond motifs is 1. The maximum absolute atomic E-state index is 11.3. The summed E-state index contributed by atoms with van der Waals surface area (Å²) in [7, 11) is 0. The largest absolute Gasteiger partial charge is 0.353 e. The summed E-state index contributed by atoms with van der Waals surface area (Å²) in [5.41, 5.74) is 2.95. The fraction of sp³-hybridized carbons (Fsp3) is 0.200. The van der Waals surface area contributed by atoms with E-state index >= 15 is 0 Å². The van der Waals surface area contributed by atoms with E-state index in [0.717, 1.165) is 16.6 Å². The monoisotopic (exact) mass is 240 g/mol. The molecule has 1 aromatic carbocycles. The summed E-state index contributed by atoms with van der Waals surface area (Å²) < 4.78 is 0. The molecule has 92 valence electrons. The van der Waals surface area contributed by atoms with E-state index in [1.165, 1.54) is 11.6 Å². The Bertz CT molecular complexity index is 602.